The Morgan fingerprint density at radius 1 is 1.00 bits per heavy atom. The molecule has 0 spiro atoms. The summed E-state index contributed by atoms with van der Waals surface area (Å²) in [6, 6.07) is 19.2. The lowest BCUT2D eigenvalue weighted by Crippen LogP contribution is -2.35. The molecule has 0 amide bonds. The van der Waals surface area contributed by atoms with E-state index in [0.29, 0.717) is 13.0 Å². The number of carbonyl (C=O) groups is 1. The lowest BCUT2D eigenvalue weighted by molar-refractivity contribution is -0.144. The average Bonchev–Trinajstić information content (AvgIpc) is 2.71. The second-order valence-electron chi connectivity index (χ2n) is 8.86. The molecule has 158 valence electrons. The molecule has 1 unspecified atom stereocenters. The van der Waals surface area contributed by atoms with Crippen molar-refractivity contribution in [2.75, 3.05) is 6.61 Å². The lowest BCUT2D eigenvalue weighted by atomic mass is 10.0. The standard InChI is InChI=1S/C26H33NO2Si/c1-7-29-25(28)23(19-14-20-30(5,6)26(2,3)4)27-24(21-15-10-8-11-16-21)22-17-12-9-13-18-22/h8-13,15-18,23H,7,19H2,1-6H3. The highest BCUT2D eigenvalue weighted by Crippen LogP contribution is 2.35. The number of aliphatic imine (C=N–C) groups is 1. The minimum Gasteiger partial charge on any atom is -0.464 e. The molecule has 4 heteroatoms. The highest BCUT2D eigenvalue weighted by atomic mass is 28.3. The van der Waals surface area contributed by atoms with E-state index in [4.69, 9.17) is 9.73 Å². The van der Waals surface area contributed by atoms with Crippen LogP contribution in [0.2, 0.25) is 18.1 Å². The Kier molecular flexibility index (Phi) is 8.20. The molecular weight excluding hydrogens is 386 g/mol. The van der Waals surface area contributed by atoms with Crippen LogP contribution in [0.1, 0.15) is 45.2 Å². The predicted molar refractivity (Wildman–Crippen MR) is 129 cm³/mol. The highest BCUT2D eigenvalue weighted by molar-refractivity contribution is 6.87. The fourth-order valence-electron chi connectivity index (χ4n) is 2.64. The zero-order valence-electron chi connectivity index (χ0n) is 19.0. The van der Waals surface area contributed by atoms with Crippen molar-refractivity contribution in [3.8, 4) is 11.5 Å². The van der Waals surface area contributed by atoms with Crippen LogP contribution in [0.5, 0.6) is 0 Å². The number of carbonyl (C=O) groups excluding carboxylic acids is 1. The number of esters is 1. The molecule has 1 atom stereocenters. The number of hydrogen-bond acceptors (Lipinski definition) is 3. The third-order valence-corrected chi connectivity index (χ3v) is 10.1. The zero-order chi connectivity index (χ0) is 22.2. The first-order chi connectivity index (χ1) is 14.2. The van der Waals surface area contributed by atoms with E-state index in [0.717, 1.165) is 16.8 Å². The Bertz CT molecular complexity index is 875. The van der Waals surface area contributed by atoms with Crippen molar-refractivity contribution in [1.82, 2.24) is 0 Å². The Morgan fingerprint density at radius 3 is 1.93 bits per heavy atom. The van der Waals surface area contributed by atoms with Crippen LogP contribution in [-0.2, 0) is 9.53 Å². The zero-order valence-corrected chi connectivity index (χ0v) is 20.0. The smallest absolute Gasteiger partial charge is 0.331 e. The molecule has 0 bridgehead atoms. The van der Waals surface area contributed by atoms with E-state index in [9.17, 15) is 4.79 Å². The second kappa shape index (κ2) is 10.4. The molecule has 30 heavy (non-hydrogen) atoms. The first-order valence-electron chi connectivity index (χ1n) is 10.5. The van der Waals surface area contributed by atoms with E-state index >= 15 is 0 Å². The van der Waals surface area contributed by atoms with E-state index in [1.54, 1.807) is 0 Å². The summed E-state index contributed by atoms with van der Waals surface area (Å²) in [5.74, 6) is 2.96. The molecule has 2 rings (SSSR count). The quantitative estimate of drug-likeness (QED) is 0.253. The van der Waals surface area contributed by atoms with Gasteiger partial charge in [-0.3, -0.25) is 4.99 Å². The van der Waals surface area contributed by atoms with Crippen molar-refractivity contribution in [3.63, 3.8) is 0 Å². The molecule has 3 nitrogen and oxygen atoms in total. The molecular formula is C26H33NO2Si. The monoisotopic (exact) mass is 419 g/mol. The van der Waals surface area contributed by atoms with Gasteiger partial charge in [-0.05, 0) is 12.0 Å². The van der Waals surface area contributed by atoms with Crippen molar-refractivity contribution in [3.05, 3.63) is 71.8 Å². The minimum atomic E-state index is -1.75. The molecule has 0 aliphatic heterocycles. The number of rotatable bonds is 6. The Balaban J connectivity index is 2.46. The maximum Gasteiger partial charge on any atom is 0.331 e. The summed E-state index contributed by atoms with van der Waals surface area (Å²) in [7, 11) is -1.75. The molecule has 0 N–H and O–H groups in total. The molecule has 0 aliphatic rings. The van der Waals surface area contributed by atoms with Crippen LogP contribution in [0.25, 0.3) is 0 Å². The van der Waals surface area contributed by atoms with E-state index in [1.165, 1.54) is 0 Å². The fourth-order valence-corrected chi connectivity index (χ4v) is 3.56. The Hall–Kier alpha value is -2.64. The molecule has 2 aromatic carbocycles. The Labute approximate surface area is 182 Å². The van der Waals surface area contributed by atoms with Crippen LogP contribution in [0.4, 0.5) is 0 Å². The van der Waals surface area contributed by atoms with Gasteiger partial charge in [-0.15, -0.1) is 11.5 Å². The molecule has 0 heterocycles. The highest BCUT2D eigenvalue weighted by Gasteiger charge is 2.33. The summed E-state index contributed by atoms with van der Waals surface area (Å²) in [5, 5.41) is 0.169. The van der Waals surface area contributed by atoms with Crippen molar-refractivity contribution in [1.29, 1.82) is 0 Å². The Morgan fingerprint density at radius 2 is 1.50 bits per heavy atom. The van der Waals surface area contributed by atoms with Crippen LogP contribution >= 0.6 is 0 Å². The van der Waals surface area contributed by atoms with Crippen molar-refractivity contribution in [2.24, 2.45) is 4.99 Å². The summed E-state index contributed by atoms with van der Waals surface area (Å²) < 4.78 is 5.32. The van der Waals surface area contributed by atoms with Gasteiger partial charge in [-0.25, -0.2) is 4.79 Å². The summed E-state index contributed by atoms with van der Waals surface area (Å²) in [6.07, 6.45) is 0.356. The van der Waals surface area contributed by atoms with Gasteiger partial charge in [0.1, 0.15) is 8.07 Å². The van der Waals surface area contributed by atoms with Crippen molar-refractivity contribution < 1.29 is 9.53 Å². The number of nitrogens with zero attached hydrogens (tertiary/aromatic N) is 1. The number of hydrogen-bond donors (Lipinski definition) is 0. The summed E-state index contributed by atoms with van der Waals surface area (Å²) in [5.41, 5.74) is 6.21. The van der Waals surface area contributed by atoms with Crippen LogP contribution in [0.15, 0.2) is 65.7 Å². The fraction of sp³-hybridized carbons (Fsp3) is 0.385. The summed E-state index contributed by atoms with van der Waals surface area (Å²) in [4.78, 5) is 17.6. The number of benzene rings is 2. The first-order valence-corrected chi connectivity index (χ1v) is 13.5. The van der Waals surface area contributed by atoms with E-state index in [2.05, 4.69) is 45.3 Å². The topological polar surface area (TPSA) is 38.7 Å². The minimum absolute atomic E-state index is 0.169. The summed E-state index contributed by atoms with van der Waals surface area (Å²) in [6.45, 7) is 13.4. The van der Waals surface area contributed by atoms with Crippen LogP contribution in [0, 0.1) is 11.5 Å². The van der Waals surface area contributed by atoms with E-state index in [-0.39, 0.29) is 11.0 Å². The molecule has 0 aliphatic carbocycles. The largest absolute Gasteiger partial charge is 0.464 e. The molecule has 0 fully saturated rings. The third-order valence-electron chi connectivity index (χ3n) is 5.51. The van der Waals surface area contributed by atoms with Gasteiger partial charge < -0.3 is 4.74 Å². The predicted octanol–water partition coefficient (Wildman–Crippen LogP) is 5.90. The molecule has 0 saturated carbocycles. The average molecular weight is 420 g/mol. The van der Waals surface area contributed by atoms with Gasteiger partial charge in [-0.2, -0.15) is 0 Å². The lowest BCUT2D eigenvalue weighted by Gasteiger charge is -2.31. The third kappa shape index (κ3) is 6.43. The second-order valence-corrected chi connectivity index (χ2v) is 13.9. The van der Waals surface area contributed by atoms with Crippen molar-refractivity contribution in [2.45, 2.75) is 58.3 Å². The maximum atomic E-state index is 12.7. The van der Waals surface area contributed by atoms with Gasteiger partial charge in [0.05, 0.1) is 12.3 Å². The number of ether oxygens (including phenoxy) is 1. The van der Waals surface area contributed by atoms with Gasteiger partial charge in [-0.1, -0.05) is 94.5 Å². The van der Waals surface area contributed by atoms with E-state index in [1.807, 2.05) is 67.6 Å². The van der Waals surface area contributed by atoms with Crippen molar-refractivity contribution >= 4 is 19.8 Å². The van der Waals surface area contributed by atoms with E-state index < -0.39 is 14.1 Å². The van der Waals surface area contributed by atoms with Gasteiger partial charge in [0, 0.05) is 17.5 Å². The molecule has 2 aromatic rings. The van der Waals surface area contributed by atoms with Gasteiger partial charge in [0.15, 0.2) is 6.04 Å². The normalized spacial score (nSPS) is 12.3. The van der Waals surface area contributed by atoms with Crippen LogP contribution in [-0.4, -0.2) is 32.4 Å². The molecule has 0 saturated heterocycles. The van der Waals surface area contributed by atoms with Crippen LogP contribution in [0.3, 0.4) is 0 Å². The maximum absolute atomic E-state index is 12.7. The first kappa shape index (κ1) is 23.6. The van der Waals surface area contributed by atoms with Crippen LogP contribution < -0.4 is 0 Å². The molecule has 0 radical (unpaired) electrons. The summed E-state index contributed by atoms with van der Waals surface area (Å²) >= 11 is 0. The van der Waals surface area contributed by atoms with Gasteiger partial charge in [0.25, 0.3) is 0 Å². The SMILES string of the molecule is CCOC(=O)C(CC#C[Si](C)(C)C(C)(C)C)N=C(c1ccccc1)c1ccccc1. The molecule has 0 aromatic heterocycles. The van der Waals surface area contributed by atoms with Gasteiger partial charge in [0.2, 0.25) is 0 Å². The van der Waals surface area contributed by atoms with Gasteiger partial charge >= 0.3 is 5.97 Å².